The standard InChI is InChI=1S/C22H27F2N3O3S/c23-18-1-2-22(24)17(15-18)16-31(28,29)27-13-5-19(6-14-27)26-11-7-21(8-12-26)30-20-3-9-25-10-4-20/h1-4,9-10,15,19,21H,5-8,11-14,16H2. The first-order chi connectivity index (χ1) is 14.9. The van der Waals surface area contributed by atoms with Crippen molar-refractivity contribution in [2.75, 3.05) is 26.2 Å². The minimum atomic E-state index is -3.69. The summed E-state index contributed by atoms with van der Waals surface area (Å²) in [6.07, 6.45) is 6.95. The first-order valence-corrected chi connectivity index (χ1v) is 12.2. The predicted octanol–water partition coefficient (Wildman–Crippen LogP) is 3.20. The van der Waals surface area contributed by atoms with Gasteiger partial charge in [-0.1, -0.05) is 0 Å². The first kappa shape index (κ1) is 22.1. The zero-order valence-electron chi connectivity index (χ0n) is 17.3. The molecule has 3 heterocycles. The molecule has 6 nitrogen and oxygen atoms in total. The monoisotopic (exact) mass is 451 g/mol. The number of rotatable bonds is 6. The summed E-state index contributed by atoms with van der Waals surface area (Å²) in [5.74, 6) is -1.01. The van der Waals surface area contributed by atoms with Crippen molar-refractivity contribution in [1.82, 2.24) is 14.2 Å². The Hall–Kier alpha value is -2.10. The van der Waals surface area contributed by atoms with Crippen molar-refractivity contribution in [2.45, 2.75) is 43.6 Å². The molecular weight excluding hydrogens is 424 g/mol. The van der Waals surface area contributed by atoms with Crippen molar-refractivity contribution in [3.63, 3.8) is 0 Å². The highest BCUT2D eigenvalue weighted by Crippen LogP contribution is 2.26. The highest BCUT2D eigenvalue weighted by atomic mass is 32.2. The quantitative estimate of drug-likeness (QED) is 0.675. The average Bonchev–Trinajstić information content (AvgIpc) is 2.77. The molecule has 0 amide bonds. The lowest BCUT2D eigenvalue weighted by molar-refractivity contribution is 0.0585. The molecule has 9 heteroatoms. The molecule has 2 aromatic rings. The van der Waals surface area contributed by atoms with Gasteiger partial charge in [0.15, 0.2) is 0 Å². The number of pyridine rings is 1. The van der Waals surface area contributed by atoms with E-state index in [0.29, 0.717) is 19.1 Å². The van der Waals surface area contributed by atoms with Gasteiger partial charge < -0.3 is 9.64 Å². The van der Waals surface area contributed by atoms with Crippen LogP contribution in [0.2, 0.25) is 0 Å². The second-order valence-corrected chi connectivity index (χ2v) is 10.1. The zero-order valence-corrected chi connectivity index (χ0v) is 18.1. The van der Waals surface area contributed by atoms with Gasteiger partial charge in [-0.05, 0) is 56.0 Å². The Balaban J connectivity index is 1.26. The van der Waals surface area contributed by atoms with Crippen LogP contribution >= 0.6 is 0 Å². The number of hydrogen-bond acceptors (Lipinski definition) is 5. The number of aromatic nitrogens is 1. The van der Waals surface area contributed by atoms with E-state index in [0.717, 1.165) is 62.7 Å². The van der Waals surface area contributed by atoms with Crippen molar-refractivity contribution in [3.8, 4) is 5.75 Å². The van der Waals surface area contributed by atoms with Crippen LogP contribution in [0.4, 0.5) is 8.78 Å². The van der Waals surface area contributed by atoms with Gasteiger partial charge in [0.1, 0.15) is 23.5 Å². The molecule has 0 saturated carbocycles. The molecular formula is C22H27F2N3O3S. The number of likely N-dealkylation sites (tertiary alicyclic amines) is 1. The lowest BCUT2D eigenvalue weighted by Gasteiger charge is -2.41. The number of piperidine rings is 2. The Bertz CT molecular complexity index is 975. The third kappa shape index (κ3) is 5.58. The van der Waals surface area contributed by atoms with Gasteiger partial charge in [-0.25, -0.2) is 21.5 Å². The fourth-order valence-corrected chi connectivity index (χ4v) is 5.96. The topological polar surface area (TPSA) is 62.7 Å². The van der Waals surface area contributed by atoms with Gasteiger partial charge >= 0.3 is 0 Å². The summed E-state index contributed by atoms with van der Waals surface area (Å²) in [7, 11) is -3.69. The Labute approximate surface area is 181 Å². The number of hydrogen-bond donors (Lipinski definition) is 0. The maximum absolute atomic E-state index is 13.9. The fraction of sp³-hybridized carbons (Fsp3) is 0.500. The third-order valence-corrected chi connectivity index (χ3v) is 7.94. The summed E-state index contributed by atoms with van der Waals surface area (Å²) in [6.45, 7) is 2.64. The molecule has 168 valence electrons. The van der Waals surface area contributed by atoms with Crippen LogP contribution in [-0.2, 0) is 15.8 Å². The van der Waals surface area contributed by atoms with Crippen molar-refractivity contribution in [2.24, 2.45) is 0 Å². The predicted molar refractivity (Wildman–Crippen MR) is 113 cm³/mol. The summed E-state index contributed by atoms with van der Waals surface area (Å²) >= 11 is 0. The van der Waals surface area contributed by atoms with E-state index in [1.54, 1.807) is 12.4 Å². The van der Waals surface area contributed by atoms with Gasteiger partial charge in [-0.2, -0.15) is 0 Å². The van der Waals surface area contributed by atoms with E-state index >= 15 is 0 Å². The molecule has 0 N–H and O–H groups in total. The minimum absolute atomic E-state index is 0.126. The number of benzene rings is 1. The van der Waals surface area contributed by atoms with Crippen molar-refractivity contribution in [3.05, 3.63) is 59.9 Å². The van der Waals surface area contributed by atoms with Crippen molar-refractivity contribution >= 4 is 10.0 Å². The summed E-state index contributed by atoms with van der Waals surface area (Å²) in [4.78, 5) is 6.42. The first-order valence-electron chi connectivity index (χ1n) is 10.6. The smallest absolute Gasteiger partial charge is 0.218 e. The van der Waals surface area contributed by atoms with Gasteiger partial charge in [-0.3, -0.25) is 4.98 Å². The van der Waals surface area contributed by atoms with Gasteiger partial charge in [0.25, 0.3) is 0 Å². The molecule has 0 atom stereocenters. The maximum Gasteiger partial charge on any atom is 0.218 e. The molecule has 2 aliphatic heterocycles. The third-order valence-electron chi connectivity index (χ3n) is 6.11. The van der Waals surface area contributed by atoms with E-state index in [2.05, 4.69) is 9.88 Å². The molecule has 2 fully saturated rings. The van der Waals surface area contributed by atoms with Gasteiger partial charge in [0.05, 0.1) is 5.75 Å². The molecule has 0 bridgehead atoms. The molecule has 31 heavy (non-hydrogen) atoms. The van der Waals surface area contributed by atoms with E-state index in [4.69, 9.17) is 4.74 Å². The number of halogens is 2. The van der Waals surface area contributed by atoms with Gasteiger partial charge in [-0.15, -0.1) is 0 Å². The van der Waals surface area contributed by atoms with Crippen molar-refractivity contribution < 1.29 is 21.9 Å². The molecule has 1 aromatic carbocycles. The Kier molecular flexibility index (Phi) is 6.83. The SMILES string of the molecule is O=S(=O)(Cc1cc(F)ccc1F)N1CCC(N2CCC(Oc3ccncc3)CC2)CC1. The van der Waals surface area contributed by atoms with Crippen LogP contribution < -0.4 is 4.74 Å². The summed E-state index contributed by atoms with van der Waals surface area (Å²) in [5, 5.41) is 0. The summed E-state index contributed by atoms with van der Waals surface area (Å²) in [6, 6.07) is 6.96. The molecule has 0 aliphatic carbocycles. The van der Waals surface area contributed by atoms with Gasteiger partial charge in [0, 0.05) is 50.2 Å². The molecule has 0 radical (unpaired) electrons. The van der Waals surface area contributed by atoms with Crippen LogP contribution in [0, 0.1) is 11.6 Å². The van der Waals surface area contributed by atoms with Crippen LogP contribution in [0.3, 0.4) is 0 Å². The van der Waals surface area contributed by atoms with E-state index in [9.17, 15) is 17.2 Å². The highest BCUT2D eigenvalue weighted by molar-refractivity contribution is 7.88. The van der Waals surface area contributed by atoms with Crippen LogP contribution in [0.5, 0.6) is 5.75 Å². The van der Waals surface area contributed by atoms with Crippen LogP contribution in [-0.4, -0.2) is 60.9 Å². The molecule has 1 aromatic heterocycles. The second kappa shape index (κ2) is 9.58. The molecule has 0 unspecified atom stereocenters. The number of sulfonamides is 1. The maximum atomic E-state index is 13.9. The van der Waals surface area contributed by atoms with Crippen molar-refractivity contribution in [1.29, 1.82) is 0 Å². The average molecular weight is 452 g/mol. The largest absolute Gasteiger partial charge is 0.490 e. The van der Waals surface area contributed by atoms with E-state index < -0.39 is 27.4 Å². The van der Waals surface area contributed by atoms with Crippen LogP contribution in [0.1, 0.15) is 31.2 Å². The van der Waals surface area contributed by atoms with Gasteiger partial charge in [0.2, 0.25) is 10.0 Å². The lowest BCUT2D eigenvalue weighted by Crippen LogP contribution is -2.50. The molecule has 4 rings (SSSR count). The highest BCUT2D eigenvalue weighted by Gasteiger charge is 2.33. The molecule has 2 aliphatic rings. The lowest BCUT2D eigenvalue weighted by atomic mass is 10.00. The normalized spacial score (nSPS) is 20.1. The van der Waals surface area contributed by atoms with Crippen LogP contribution in [0.25, 0.3) is 0 Å². The molecule has 0 spiro atoms. The van der Waals surface area contributed by atoms with E-state index in [-0.39, 0.29) is 11.7 Å². The zero-order chi connectivity index (χ0) is 21.8. The Morgan fingerprint density at radius 3 is 2.32 bits per heavy atom. The summed E-state index contributed by atoms with van der Waals surface area (Å²) in [5.41, 5.74) is -0.126. The minimum Gasteiger partial charge on any atom is -0.490 e. The van der Waals surface area contributed by atoms with Crippen LogP contribution in [0.15, 0.2) is 42.7 Å². The molecule has 2 saturated heterocycles. The number of nitrogens with zero attached hydrogens (tertiary/aromatic N) is 3. The fourth-order valence-electron chi connectivity index (χ4n) is 4.40. The second-order valence-electron chi connectivity index (χ2n) is 8.16. The number of ether oxygens (including phenoxy) is 1. The Morgan fingerprint density at radius 2 is 1.65 bits per heavy atom. The summed E-state index contributed by atoms with van der Waals surface area (Å²) < 4.78 is 60.1. The van der Waals surface area contributed by atoms with E-state index in [1.165, 1.54) is 4.31 Å². The van der Waals surface area contributed by atoms with E-state index in [1.807, 2.05) is 12.1 Å². The Morgan fingerprint density at radius 1 is 0.968 bits per heavy atom.